The molecule has 2 heterocycles. The molecule has 1 atom stereocenters. The summed E-state index contributed by atoms with van der Waals surface area (Å²) in [6.07, 6.45) is 3.16. The van der Waals surface area contributed by atoms with Gasteiger partial charge in [0, 0.05) is 24.3 Å². The lowest BCUT2D eigenvalue weighted by molar-refractivity contribution is -0.136. The summed E-state index contributed by atoms with van der Waals surface area (Å²) in [6, 6.07) is 0. The molecule has 2 rings (SSSR count). The van der Waals surface area contributed by atoms with Crippen molar-refractivity contribution in [2.24, 2.45) is 0 Å². The van der Waals surface area contributed by atoms with E-state index in [0.29, 0.717) is 12.3 Å². The second-order valence-corrected chi connectivity index (χ2v) is 5.56. The zero-order valence-corrected chi connectivity index (χ0v) is 10.9. The van der Waals surface area contributed by atoms with Crippen LogP contribution in [0.4, 0.5) is 0 Å². The van der Waals surface area contributed by atoms with Gasteiger partial charge in [0.15, 0.2) is 0 Å². The molecule has 1 aromatic rings. The molecule has 1 fully saturated rings. The maximum absolute atomic E-state index is 10.5. The Hall–Kier alpha value is -0.940. The summed E-state index contributed by atoms with van der Waals surface area (Å²) in [7, 11) is 2.14. The molecule has 0 amide bonds. The van der Waals surface area contributed by atoms with Crippen LogP contribution in [-0.2, 0) is 11.2 Å². The van der Waals surface area contributed by atoms with E-state index >= 15 is 0 Å². The minimum Gasteiger partial charge on any atom is -0.481 e. The van der Waals surface area contributed by atoms with Gasteiger partial charge in [-0.15, -0.1) is 11.3 Å². The fraction of sp³-hybridized carbons (Fsp3) is 0.667. The molecule has 0 aromatic carbocycles. The van der Waals surface area contributed by atoms with E-state index in [0.717, 1.165) is 12.2 Å². The number of carboxylic acids is 1. The summed E-state index contributed by atoms with van der Waals surface area (Å²) in [6.45, 7) is 2.25. The second kappa shape index (κ2) is 5.60. The van der Waals surface area contributed by atoms with Gasteiger partial charge in [-0.25, -0.2) is 4.98 Å². The average Bonchev–Trinajstić information content (AvgIpc) is 2.75. The summed E-state index contributed by atoms with van der Waals surface area (Å²) in [5.74, 6) is -0.214. The van der Waals surface area contributed by atoms with Gasteiger partial charge in [0.25, 0.3) is 0 Å². The van der Waals surface area contributed by atoms with Crippen LogP contribution >= 0.6 is 11.3 Å². The van der Waals surface area contributed by atoms with Crippen LogP contribution in [0.3, 0.4) is 0 Å². The van der Waals surface area contributed by atoms with E-state index in [1.165, 1.54) is 24.4 Å². The molecule has 0 radical (unpaired) electrons. The molecule has 1 aliphatic heterocycles. The normalized spacial score (nSPS) is 21.6. The first kappa shape index (κ1) is 12.5. The van der Waals surface area contributed by atoms with Crippen LogP contribution in [0.2, 0.25) is 0 Å². The molecule has 0 aliphatic carbocycles. The molecule has 1 aliphatic rings. The van der Waals surface area contributed by atoms with Gasteiger partial charge in [-0.1, -0.05) is 0 Å². The van der Waals surface area contributed by atoms with Crippen molar-refractivity contribution in [3.63, 3.8) is 0 Å². The Labute approximate surface area is 105 Å². The first-order valence-electron chi connectivity index (χ1n) is 6.00. The number of likely N-dealkylation sites (tertiary alicyclic amines) is 1. The smallest absolute Gasteiger partial charge is 0.303 e. The van der Waals surface area contributed by atoms with E-state index in [-0.39, 0.29) is 6.42 Å². The van der Waals surface area contributed by atoms with Gasteiger partial charge in [0.1, 0.15) is 0 Å². The first-order valence-corrected chi connectivity index (χ1v) is 6.88. The van der Waals surface area contributed by atoms with E-state index < -0.39 is 5.97 Å². The van der Waals surface area contributed by atoms with Crippen molar-refractivity contribution in [1.29, 1.82) is 0 Å². The van der Waals surface area contributed by atoms with Crippen LogP contribution in [0.1, 0.15) is 35.9 Å². The van der Waals surface area contributed by atoms with Crippen molar-refractivity contribution in [2.75, 3.05) is 20.1 Å². The maximum atomic E-state index is 10.5. The third-order valence-electron chi connectivity index (χ3n) is 3.14. The number of aliphatic carboxylic acids is 1. The molecule has 0 bridgehead atoms. The number of piperidine rings is 1. The number of thiazole rings is 1. The van der Waals surface area contributed by atoms with Gasteiger partial charge < -0.3 is 10.0 Å². The Bertz CT molecular complexity index is 392. The molecule has 1 unspecified atom stereocenters. The molecule has 4 nitrogen and oxygen atoms in total. The summed E-state index contributed by atoms with van der Waals surface area (Å²) in [4.78, 5) is 17.4. The lowest BCUT2D eigenvalue weighted by Gasteiger charge is -2.28. The van der Waals surface area contributed by atoms with Crippen molar-refractivity contribution in [1.82, 2.24) is 9.88 Å². The maximum Gasteiger partial charge on any atom is 0.303 e. The standard InChI is InChI=1S/C12H18N2O2S/c1-14-6-2-3-9(7-14)12-13-10(8-17-12)4-5-11(15)16/h8-9H,2-7H2,1H3,(H,15,16). The minimum atomic E-state index is -0.753. The minimum absolute atomic E-state index is 0.174. The molecule has 1 saturated heterocycles. The van der Waals surface area contributed by atoms with Gasteiger partial charge in [-0.2, -0.15) is 0 Å². The molecular weight excluding hydrogens is 236 g/mol. The Morgan fingerprint density at radius 1 is 1.71 bits per heavy atom. The highest BCUT2D eigenvalue weighted by atomic mass is 32.1. The molecule has 94 valence electrons. The predicted molar refractivity (Wildman–Crippen MR) is 67.5 cm³/mol. The third-order valence-corrected chi connectivity index (χ3v) is 4.19. The summed E-state index contributed by atoms with van der Waals surface area (Å²) in [5.41, 5.74) is 0.931. The Kier molecular flexibility index (Phi) is 4.12. The number of carbonyl (C=O) groups is 1. The zero-order chi connectivity index (χ0) is 12.3. The topological polar surface area (TPSA) is 53.4 Å². The van der Waals surface area contributed by atoms with E-state index in [1.807, 2.05) is 5.38 Å². The Morgan fingerprint density at radius 3 is 3.24 bits per heavy atom. The van der Waals surface area contributed by atoms with Crippen molar-refractivity contribution in [2.45, 2.75) is 31.6 Å². The van der Waals surface area contributed by atoms with Gasteiger partial charge in [0.05, 0.1) is 17.1 Å². The largest absolute Gasteiger partial charge is 0.481 e. The number of aryl methyl sites for hydroxylation is 1. The fourth-order valence-electron chi connectivity index (χ4n) is 2.23. The summed E-state index contributed by atoms with van der Waals surface area (Å²) < 4.78 is 0. The predicted octanol–water partition coefficient (Wildman–Crippen LogP) is 1.97. The SMILES string of the molecule is CN1CCCC(c2nc(CCC(=O)O)cs2)C1. The molecule has 17 heavy (non-hydrogen) atoms. The second-order valence-electron chi connectivity index (χ2n) is 4.67. The molecule has 1 aromatic heterocycles. The summed E-state index contributed by atoms with van der Waals surface area (Å²) >= 11 is 1.68. The van der Waals surface area contributed by atoms with Crippen LogP contribution in [0.25, 0.3) is 0 Å². The Balaban J connectivity index is 1.95. The van der Waals surface area contributed by atoms with Gasteiger partial charge in [-0.3, -0.25) is 4.79 Å². The Morgan fingerprint density at radius 2 is 2.53 bits per heavy atom. The number of hydrogen-bond acceptors (Lipinski definition) is 4. The number of carboxylic acid groups (broad SMARTS) is 1. The fourth-order valence-corrected chi connectivity index (χ4v) is 3.21. The summed E-state index contributed by atoms with van der Waals surface area (Å²) in [5, 5.41) is 11.8. The van der Waals surface area contributed by atoms with Crippen LogP contribution in [0.5, 0.6) is 0 Å². The van der Waals surface area contributed by atoms with Gasteiger partial charge >= 0.3 is 5.97 Å². The molecule has 1 N–H and O–H groups in total. The van der Waals surface area contributed by atoms with Crippen LogP contribution in [0, 0.1) is 0 Å². The first-order chi connectivity index (χ1) is 8.15. The lowest BCUT2D eigenvalue weighted by Crippen LogP contribution is -2.30. The number of hydrogen-bond donors (Lipinski definition) is 1. The lowest BCUT2D eigenvalue weighted by atomic mass is 9.99. The van der Waals surface area contributed by atoms with Crippen molar-refractivity contribution >= 4 is 17.3 Å². The van der Waals surface area contributed by atoms with Crippen molar-refractivity contribution in [3.05, 3.63) is 16.1 Å². The average molecular weight is 254 g/mol. The quantitative estimate of drug-likeness (QED) is 0.892. The van der Waals surface area contributed by atoms with Crippen molar-refractivity contribution < 1.29 is 9.90 Å². The molecular formula is C12H18N2O2S. The van der Waals surface area contributed by atoms with E-state index in [2.05, 4.69) is 16.9 Å². The van der Waals surface area contributed by atoms with Crippen LogP contribution in [-0.4, -0.2) is 41.1 Å². The monoisotopic (exact) mass is 254 g/mol. The number of likely N-dealkylation sites (N-methyl/N-ethyl adjacent to an activating group) is 1. The third kappa shape index (κ3) is 3.51. The van der Waals surface area contributed by atoms with E-state index in [4.69, 9.17) is 5.11 Å². The number of nitrogens with zero attached hydrogens (tertiary/aromatic N) is 2. The molecule has 5 heteroatoms. The molecule has 0 saturated carbocycles. The number of rotatable bonds is 4. The van der Waals surface area contributed by atoms with E-state index in [9.17, 15) is 4.79 Å². The van der Waals surface area contributed by atoms with Crippen LogP contribution in [0.15, 0.2) is 5.38 Å². The van der Waals surface area contributed by atoms with Gasteiger partial charge in [-0.05, 0) is 26.4 Å². The van der Waals surface area contributed by atoms with E-state index in [1.54, 1.807) is 11.3 Å². The van der Waals surface area contributed by atoms with Crippen molar-refractivity contribution in [3.8, 4) is 0 Å². The highest BCUT2D eigenvalue weighted by Crippen LogP contribution is 2.28. The number of aromatic nitrogens is 1. The zero-order valence-electron chi connectivity index (χ0n) is 10.1. The van der Waals surface area contributed by atoms with Crippen LogP contribution < -0.4 is 0 Å². The molecule has 0 spiro atoms. The highest BCUT2D eigenvalue weighted by molar-refractivity contribution is 7.09. The highest BCUT2D eigenvalue weighted by Gasteiger charge is 2.21. The van der Waals surface area contributed by atoms with Gasteiger partial charge in [0.2, 0.25) is 0 Å².